The number of aromatic amines is 1. The van der Waals surface area contributed by atoms with E-state index in [4.69, 9.17) is 14.7 Å². The highest BCUT2D eigenvalue weighted by Crippen LogP contribution is 2.38. The first-order valence-corrected chi connectivity index (χ1v) is 12.5. The van der Waals surface area contributed by atoms with Crippen molar-refractivity contribution in [2.24, 2.45) is 0 Å². The van der Waals surface area contributed by atoms with Gasteiger partial charge in [-0.25, -0.2) is 9.97 Å². The molecule has 0 spiro atoms. The number of piperidine rings is 1. The molecule has 6 heteroatoms. The summed E-state index contributed by atoms with van der Waals surface area (Å²) >= 11 is 0. The molecule has 0 radical (unpaired) electrons. The summed E-state index contributed by atoms with van der Waals surface area (Å²) in [4.78, 5) is 13.6. The first-order valence-electron chi connectivity index (χ1n) is 12.5. The van der Waals surface area contributed by atoms with Crippen LogP contribution in [-0.4, -0.2) is 39.7 Å². The lowest BCUT2D eigenvalue weighted by Gasteiger charge is -2.25. The van der Waals surface area contributed by atoms with Crippen LogP contribution in [-0.2, 0) is 0 Å². The second-order valence-corrected chi connectivity index (χ2v) is 9.49. The van der Waals surface area contributed by atoms with E-state index >= 15 is 0 Å². The number of H-pyrrole nitrogens is 1. The van der Waals surface area contributed by atoms with Gasteiger partial charge in [0.15, 0.2) is 5.65 Å². The first-order chi connectivity index (χ1) is 17.8. The lowest BCUT2D eigenvalue weighted by atomic mass is 10.0. The molecule has 2 N–H and O–H groups in total. The van der Waals surface area contributed by atoms with Crippen molar-refractivity contribution in [2.45, 2.75) is 18.9 Å². The maximum absolute atomic E-state index is 5.54. The Kier molecular flexibility index (Phi) is 4.99. The van der Waals surface area contributed by atoms with Gasteiger partial charge in [-0.05, 0) is 72.6 Å². The molecule has 0 atom stereocenters. The highest BCUT2D eigenvalue weighted by Gasteiger charge is 2.26. The third-order valence-corrected chi connectivity index (χ3v) is 7.44. The van der Waals surface area contributed by atoms with Crippen LogP contribution in [0.5, 0.6) is 5.75 Å². The molecule has 0 bridgehead atoms. The number of rotatable bonds is 4. The zero-order valence-corrected chi connectivity index (χ0v) is 20.2. The van der Waals surface area contributed by atoms with Gasteiger partial charge in [0.25, 0.3) is 0 Å². The summed E-state index contributed by atoms with van der Waals surface area (Å²) in [7, 11) is 1.71. The third-order valence-electron chi connectivity index (χ3n) is 7.44. The van der Waals surface area contributed by atoms with Gasteiger partial charge < -0.3 is 19.6 Å². The van der Waals surface area contributed by atoms with E-state index in [-0.39, 0.29) is 0 Å². The lowest BCUT2D eigenvalue weighted by molar-refractivity contribution is 0.376. The van der Waals surface area contributed by atoms with Crippen molar-refractivity contribution in [3.05, 3.63) is 79.1 Å². The Hall–Kier alpha value is -4.16. The SMILES string of the molecule is COc1ccc2[nH]cc(-c3nc4c(-c5ccc6ccccc6c5)ccnc4n3C3CCNCC3)c2c1. The fraction of sp³-hybridized carbons (Fsp3) is 0.200. The van der Waals surface area contributed by atoms with E-state index in [1.807, 2.05) is 12.3 Å². The molecule has 1 aliphatic heterocycles. The maximum atomic E-state index is 5.54. The van der Waals surface area contributed by atoms with Crippen LogP contribution in [0.3, 0.4) is 0 Å². The number of hydrogen-bond acceptors (Lipinski definition) is 4. The molecular weight excluding hydrogens is 446 g/mol. The lowest BCUT2D eigenvalue weighted by Crippen LogP contribution is -2.29. The second-order valence-electron chi connectivity index (χ2n) is 9.49. The highest BCUT2D eigenvalue weighted by molar-refractivity contribution is 5.99. The van der Waals surface area contributed by atoms with Crippen LogP contribution in [0.2, 0.25) is 0 Å². The summed E-state index contributed by atoms with van der Waals surface area (Å²) in [5.41, 5.74) is 6.29. The van der Waals surface area contributed by atoms with Crippen molar-refractivity contribution in [1.29, 1.82) is 0 Å². The van der Waals surface area contributed by atoms with Crippen LogP contribution in [0.1, 0.15) is 18.9 Å². The first kappa shape index (κ1) is 21.1. The number of methoxy groups -OCH3 is 1. The predicted molar refractivity (Wildman–Crippen MR) is 145 cm³/mol. The maximum Gasteiger partial charge on any atom is 0.161 e. The number of fused-ring (bicyclic) bond motifs is 3. The number of ether oxygens (including phenoxy) is 1. The van der Waals surface area contributed by atoms with Crippen LogP contribution in [0.15, 0.2) is 79.1 Å². The average molecular weight is 474 g/mol. The fourth-order valence-electron chi connectivity index (χ4n) is 5.59. The van der Waals surface area contributed by atoms with Gasteiger partial charge in [0.1, 0.15) is 17.1 Å². The van der Waals surface area contributed by atoms with Gasteiger partial charge in [0.2, 0.25) is 0 Å². The molecule has 0 aliphatic carbocycles. The van der Waals surface area contributed by atoms with E-state index in [9.17, 15) is 0 Å². The van der Waals surface area contributed by atoms with Gasteiger partial charge in [-0.1, -0.05) is 36.4 Å². The normalized spacial score (nSPS) is 14.7. The molecule has 1 aliphatic rings. The second kappa shape index (κ2) is 8.50. The van der Waals surface area contributed by atoms with Gasteiger partial charge in [0, 0.05) is 40.5 Å². The zero-order valence-electron chi connectivity index (χ0n) is 20.2. The Morgan fingerprint density at radius 3 is 2.64 bits per heavy atom. The average Bonchev–Trinajstić information content (AvgIpc) is 3.54. The number of hydrogen-bond donors (Lipinski definition) is 2. The summed E-state index contributed by atoms with van der Waals surface area (Å²) in [5, 5.41) is 7.06. The van der Waals surface area contributed by atoms with E-state index in [1.165, 1.54) is 10.8 Å². The molecule has 1 fully saturated rings. The fourth-order valence-corrected chi connectivity index (χ4v) is 5.59. The van der Waals surface area contributed by atoms with Crippen molar-refractivity contribution in [1.82, 2.24) is 24.8 Å². The number of aromatic nitrogens is 4. The Morgan fingerprint density at radius 2 is 1.78 bits per heavy atom. The van der Waals surface area contributed by atoms with E-state index in [0.29, 0.717) is 6.04 Å². The Bertz CT molecular complexity index is 1720. The van der Waals surface area contributed by atoms with E-state index in [2.05, 4.69) is 81.7 Å². The summed E-state index contributed by atoms with van der Waals surface area (Å²) in [6.07, 6.45) is 6.09. The Morgan fingerprint density at radius 1 is 0.917 bits per heavy atom. The minimum Gasteiger partial charge on any atom is -0.497 e. The monoisotopic (exact) mass is 473 g/mol. The topological polar surface area (TPSA) is 67.8 Å². The van der Waals surface area contributed by atoms with Crippen molar-refractivity contribution < 1.29 is 4.74 Å². The molecule has 6 nitrogen and oxygen atoms in total. The van der Waals surface area contributed by atoms with E-state index in [1.54, 1.807) is 7.11 Å². The van der Waals surface area contributed by atoms with Gasteiger partial charge in [-0.2, -0.15) is 0 Å². The Labute approximate surface area is 209 Å². The molecule has 0 saturated carbocycles. The molecule has 36 heavy (non-hydrogen) atoms. The molecule has 178 valence electrons. The van der Waals surface area contributed by atoms with Crippen molar-refractivity contribution in [2.75, 3.05) is 20.2 Å². The number of nitrogens with zero attached hydrogens (tertiary/aromatic N) is 3. The van der Waals surface area contributed by atoms with Crippen LogP contribution < -0.4 is 10.1 Å². The van der Waals surface area contributed by atoms with Crippen LogP contribution >= 0.6 is 0 Å². The smallest absolute Gasteiger partial charge is 0.161 e. The molecular formula is C30H27N5O. The highest BCUT2D eigenvalue weighted by atomic mass is 16.5. The number of benzene rings is 3. The quantitative estimate of drug-likeness (QED) is 0.314. The molecule has 3 aromatic carbocycles. The Balaban J connectivity index is 1.49. The standard InChI is InChI=1S/C30H27N5O/c1-36-23-8-9-27-25(17-23)26(18-33-27)29-34-28-24(21-7-6-19-4-2-3-5-20(19)16-21)12-15-32-30(28)35(29)22-10-13-31-14-11-22/h2-9,12,15-18,22,31,33H,10-11,13-14H2,1H3. The van der Waals surface area contributed by atoms with Gasteiger partial charge in [0.05, 0.1) is 7.11 Å². The van der Waals surface area contributed by atoms with Crippen LogP contribution in [0, 0.1) is 0 Å². The number of nitrogens with one attached hydrogen (secondary N) is 2. The van der Waals surface area contributed by atoms with E-state index in [0.717, 1.165) is 76.3 Å². The molecule has 7 rings (SSSR count). The number of imidazole rings is 1. The van der Waals surface area contributed by atoms with E-state index < -0.39 is 0 Å². The molecule has 0 unspecified atom stereocenters. The van der Waals surface area contributed by atoms with Gasteiger partial charge in [-0.15, -0.1) is 0 Å². The van der Waals surface area contributed by atoms with Crippen molar-refractivity contribution >= 4 is 32.8 Å². The summed E-state index contributed by atoms with van der Waals surface area (Å²) in [6, 6.07) is 23.7. The summed E-state index contributed by atoms with van der Waals surface area (Å²) < 4.78 is 7.92. The molecule has 1 saturated heterocycles. The predicted octanol–water partition coefficient (Wildman–Crippen LogP) is 6.33. The minimum absolute atomic E-state index is 0.334. The molecule has 3 aromatic heterocycles. The van der Waals surface area contributed by atoms with Crippen LogP contribution in [0.4, 0.5) is 0 Å². The molecule has 4 heterocycles. The summed E-state index contributed by atoms with van der Waals surface area (Å²) in [5.74, 6) is 1.79. The van der Waals surface area contributed by atoms with Crippen molar-refractivity contribution in [3.8, 4) is 28.3 Å². The van der Waals surface area contributed by atoms with Crippen molar-refractivity contribution in [3.63, 3.8) is 0 Å². The number of pyridine rings is 1. The molecule has 0 amide bonds. The summed E-state index contributed by atoms with van der Waals surface area (Å²) in [6.45, 7) is 1.99. The largest absolute Gasteiger partial charge is 0.497 e. The zero-order chi connectivity index (χ0) is 24.1. The molecule has 6 aromatic rings. The van der Waals surface area contributed by atoms with Gasteiger partial charge >= 0.3 is 0 Å². The minimum atomic E-state index is 0.334. The third kappa shape index (κ3) is 3.37. The van der Waals surface area contributed by atoms with Gasteiger partial charge in [-0.3, -0.25) is 0 Å². The van der Waals surface area contributed by atoms with Crippen LogP contribution in [0.25, 0.3) is 55.4 Å².